The van der Waals surface area contributed by atoms with Gasteiger partial charge in [0.2, 0.25) is 0 Å². The predicted octanol–water partition coefficient (Wildman–Crippen LogP) is 2.81. The van der Waals surface area contributed by atoms with Gasteiger partial charge in [0.05, 0.1) is 4.90 Å². The van der Waals surface area contributed by atoms with E-state index < -0.39 is 39.2 Å². The van der Waals surface area contributed by atoms with E-state index in [2.05, 4.69) is 4.74 Å². The topological polar surface area (TPSA) is 63.6 Å². The molecule has 0 radical (unpaired) electrons. The molecule has 20 heavy (non-hydrogen) atoms. The van der Waals surface area contributed by atoms with E-state index in [-0.39, 0.29) is 0 Å². The van der Waals surface area contributed by atoms with Gasteiger partial charge in [0.15, 0.2) is 0 Å². The number of alkyl halides is 6. The van der Waals surface area contributed by atoms with Crippen molar-refractivity contribution in [3.05, 3.63) is 24.3 Å². The van der Waals surface area contributed by atoms with Crippen LogP contribution in [0.5, 0.6) is 5.75 Å². The Bertz CT molecular complexity index is 546. The van der Waals surface area contributed by atoms with Crippen molar-refractivity contribution in [2.75, 3.05) is 0 Å². The van der Waals surface area contributed by atoms with Gasteiger partial charge in [-0.1, -0.05) is 0 Å². The molecule has 0 atom stereocenters. The third-order valence-electron chi connectivity index (χ3n) is 1.97. The van der Waals surface area contributed by atoms with Gasteiger partial charge in [-0.15, -0.1) is 0 Å². The minimum Gasteiger partial charge on any atom is -0.471 e. The SMILES string of the molecule is O=S(=O)(O)c1ccc(OC(C(F)(F)F)C(F)(F)F)cc1. The lowest BCUT2D eigenvalue weighted by Crippen LogP contribution is -2.46. The first kappa shape index (κ1) is 16.6. The molecule has 0 aromatic heterocycles. The quantitative estimate of drug-likeness (QED) is 0.686. The number of halogens is 6. The molecule has 0 aliphatic rings. The zero-order chi connectivity index (χ0) is 15.8. The minimum absolute atomic E-state index is 0.563. The van der Waals surface area contributed by atoms with Gasteiger partial charge < -0.3 is 4.74 Å². The Balaban J connectivity index is 3.02. The standard InChI is InChI=1S/C9H6F6O4S/c10-8(11,12)7(9(13,14)15)19-5-1-3-6(4-2-5)20(16,17)18/h1-4,7H,(H,16,17,18). The van der Waals surface area contributed by atoms with Gasteiger partial charge in [-0.3, -0.25) is 4.55 Å². The first-order valence-corrected chi connectivity index (χ1v) is 6.13. The van der Waals surface area contributed by atoms with E-state index in [4.69, 9.17) is 4.55 Å². The van der Waals surface area contributed by atoms with Crippen LogP contribution in [0.25, 0.3) is 0 Å². The number of rotatable bonds is 3. The number of ether oxygens (including phenoxy) is 1. The predicted molar refractivity (Wildman–Crippen MR) is 52.8 cm³/mol. The summed E-state index contributed by atoms with van der Waals surface area (Å²) in [4.78, 5) is -0.694. The smallest absolute Gasteiger partial charge is 0.434 e. The van der Waals surface area contributed by atoms with Crippen molar-refractivity contribution in [1.29, 1.82) is 0 Å². The molecule has 0 heterocycles. The molecule has 0 amide bonds. The molecule has 0 fully saturated rings. The molecule has 1 aromatic carbocycles. The number of hydrogen-bond acceptors (Lipinski definition) is 3. The Morgan fingerprint density at radius 1 is 0.950 bits per heavy atom. The van der Waals surface area contributed by atoms with Crippen molar-refractivity contribution < 1.29 is 44.0 Å². The monoisotopic (exact) mass is 324 g/mol. The molecule has 114 valence electrons. The Hall–Kier alpha value is -1.49. The Morgan fingerprint density at radius 3 is 1.65 bits per heavy atom. The first-order valence-electron chi connectivity index (χ1n) is 4.69. The van der Waals surface area contributed by atoms with Crippen LogP contribution in [0.3, 0.4) is 0 Å². The van der Waals surface area contributed by atoms with Gasteiger partial charge in [-0.25, -0.2) is 0 Å². The molecule has 1 rings (SSSR count). The van der Waals surface area contributed by atoms with Crippen LogP contribution >= 0.6 is 0 Å². The van der Waals surface area contributed by atoms with Crippen LogP contribution in [-0.4, -0.2) is 31.4 Å². The van der Waals surface area contributed by atoms with Gasteiger partial charge in [-0.2, -0.15) is 34.8 Å². The largest absolute Gasteiger partial charge is 0.471 e. The van der Waals surface area contributed by atoms with E-state index in [0.717, 1.165) is 0 Å². The Labute approximate surface area is 108 Å². The molecule has 0 saturated heterocycles. The molecule has 11 heteroatoms. The molecule has 4 nitrogen and oxygen atoms in total. The highest BCUT2D eigenvalue weighted by Crippen LogP contribution is 2.36. The molecule has 0 aliphatic carbocycles. The van der Waals surface area contributed by atoms with Crippen molar-refractivity contribution in [3.8, 4) is 5.75 Å². The van der Waals surface area contributed by atoms with Gasteiger partial charge in [0.1, 0.15) is 5.75 Å². The van der Waals surface area contributed by atoms with Crippen LogP contribution in [0, 0.1) is 0 Å². The van der Waals surface area contributed by atoms with Crippen LogP contribution in [0.4, 0.5) is 26.3 Å². The summed E-state index contributed by atoms with van der Waals surface area (Å²) in [5, 5.41) is 0. The molecule has 0 saturated carbocycles. The van der Waals surface area contributed by atoms with E-state index in [1.807, 2.05) is 0 Å². The molecule has 1 N–H and O–H groups in total. The fourth-order valence-electron chi connectivity index (χ4n) is 1.15. The maximum atomic E-state index is 12.2. The van der Waals surface area contributed by atoms with E-state index >= 15 is 0 Å². The van der Waals surface area contributed by atoms with E-state index in [1.165, 1.54) is 0 Å². The van der Waals surface area contributed by atoms with E-state index in [9.17, 15) is 34.8 Å². The van der Waals surface area contributed by atoms with Gasteiger partial charge in [-0.05, 0) is 24.3 Å². The van der Waals surface area contributed by atoms with E-state index in [0.29, 0.717) is 24.3 Å². The second-order valence-corrected chi connectivity index (χ2v) is 4.95. The van der Waals surface area contributed by atoms with Crippen molar-refractivity contribution in [2.45, 2.75) is 23.4 Å². The summed E-state index contributed by atoms with van der Waals surface area (Å²) in [6, 6.07) is 2.34. The van der Waals surface area contributed by atoms with Crippen LogP contribution in [0.15, 0.2) is 29.2 Å². The second kappa shape index (κ2) is 5.13. The lowest BCUT2D eigenvalue weighted by atomic mass is 10.3. The van der Waals surface area contributed by atoms with Crippen LogP contribution in [0.2, 0.25) is 0 Å². The van der Waals surface area contributed by atoms with Crippen molar-refractivity contribution in [1.82, 2.24) is 0 Å². The lowest BCUT2D eigenvalue weighted by Gasteiger charge is -2.23. The third-order valence-corrected chi connectivity index (χ3v) is 2.84. The van der Waals surface area contributed by atoms with Crippen LogP contribution < -0.4 is 4.74 Å². The summed E-state index contributed by atoms with van der Waals surface area (Å²) in [7, 11) is -4.60. The normalized spacial score (nSPS) is 13.6. The molecule has 0 bridgehead atoms. The summed E-state index contributed by atoms with van der Waals surface area (Å²) in [5.41, 5.74) is 0. The maximum absolute atomic E-state index is 12.2. The summed E-state index contributed by atoms with van der Waals surface area (Å²) >= 11 is 0. The first-order chi connectivity index (χ1) is 8.82. The summed E-state index contributed by atoms with van der Waals surface area (Å²) in [5.74, 6) is -0.850. The molecule has 0 unspecified atom stereocenters. The Kier molecular flexibility index (Phi) is 4.25. The third kappa shape index (κ3) is 4.27. The highest BCUT2D eigenvalue weighted by Gasteiger charge is 2.59. The second-order valence-electron chi connectivity index (χ2n) is 3.53. The fourth-order valence-corrected chi connectivity index (χ4v) is 1.63. The Morgan fingerprint density at radius 2 is 1.35 bits per heavy atom. The fraction of sp³-hybridized carbons (Fsp3) is 0.333. The number of hydrogen-bond donors (Lipinski definition) is 1. The van der Waals surface area contributed by atoms with Crippen molar-refractivity contribution in [2.24, 2.45) is 0 Å². The average Bonchev–Trinajstić information content (AvgIpc) is 2.22. The zero-order valence-electron chi connectivity index (χ0n) is 9.23. The number of benzene rings is 1. The summed E-state index contributed by atoms with van der Waals surface area (Å²) < 4.78 is 107. The molecular weight excluding hydrogens is 318 g/mol. The van der Waals surface area contributed by atoms with E-state index in [1.54, 1.807) is 0 Å². The molecule has 1 aromatic rings. The zero-order valence-corrected chi connectivity index (χ0v) is 10.1. The van der Waals surface area contributed by atoms with Gasteiger partial charge >= 0.3 is 12.4 Å². The van der Waals surface area contributed by atoms with Crippen LogP contribution in [-0.2, 0) is 10.1 Å². The highest BCUT2D eigenvalue weighted by molar-refractivity contribution is 7.85. The van der Waals surface area contributed by atoms with Crippen molar-refractivity contribution in [3.63, 3.8) is 0 Å². The lowest BCUT2D eigenvalue weighted by molar-refractivity contribution is -0.299. The van der Waals surface area contributed by atoms with Crippen LogP contribution in [0.1, 0.15) is 0 Å². The molecule has 0 spiro atoms. The van der Waals surface area contributed by atoms with Gasteiger partial charge in [0.25, 0.3) is 16.2 Å². The summed E-state index contributed by atoms with van der Waals surface area (Å²) in [6.45, 7) is 0. The van der Waals surface area contributed by atoms with Crippen molar-refractivity contribution >= 4 is 10.1 Å². The average molecular weight is 324 g/mol. The molecular formula is C9H6F6O4S. The maximum Gasteiger partial charge on any atom is 0.434 e. The van der Waals surface area contributed by atoms with Gasteiger partial charge in [0, 0.05) is 0 Å². The highest BCUT2D eigenvalue weighted by atomic mass is 32.2. The molecule has 0 aliphatic heterocycles. The minimum atomic E-state index is -5.68. The summed E-state index contributed by atoms with van der Waals surface area (Å²) in [6.07, 6.45) is -15.4.